The molecule has 4 N–H and O–H groups in total. The minimum Gasteiger partial charge on any atom is -0.504 e. The maximum atomic E-state index is 15.1. The quantitative estimate of drug-likeness (QED) is 0.181. The number of carboxylic acids is 1. The Morgan fingerprint density at radius 1 is 1.26 bits per heavy atom. The van der Waals surface area contributed by atoms with Crippen LogP contribution < -0.4 is 14.8 Å². The first-order chi connectivity index (χ1) is 17.5. The minimum absolute atomic E-state index is 0. The van der Waals surface area contributed by atoms with E-state index in [1.165, 1.54) is 37.1 Å². The zero-order valence-electron chi connectivity index (χ0n) is 19.7. The molecular formula is C24H21F5N2O4PrS2. The molecule has 38 heavy (non-hydrogen) atoms. The van der Waals surface area contributed by atoms with Gasteiger partial charge in [0.2, 0.25) is 0 Å². The summed E-state index contributed by atoms with van der Waals surface area (Å²) < 4.78 is 75.9. The van der Waals surface area contributed by atoms with Crippen LogP contribution in [0.4, 0.5) is 27.6 Å². The van der Waals surface area contributed by atoms with Gasteiger partial charge in [-0.3, -0.25) is 0 Å². The first kappa shape index (κ1) is 30.8. The number of ether oxygens (including phenoxy) is 1. The molecule has 2 aromatic carbocycles. The van der Waals surface area contributed by atoms with Gasteiger partial charge in [-0.2, -0.15) is 13.2 Å². The van der Waals surface area contributed by atoms with Crippen molar-refractivity contribution in [1.82, 2.24) is 5.32 Å². The van der Waals surface area contributed by atoms with E-state index < -0.39 is 46.4 Å². The van der Waals surface area contributed by atoms with Crippen molar-refractivity contribution in [2.45, 2.75) is 30.8 Å². The second-order valence-corrected chi connectivity index (χ2v) is 10.1. The molecule has 2 unspecified atom stereocenters. The summed E-state index contributed by atoms with van der Waals surface area (Å²) in [7, 11) is 1.31. The van der Waals surface area contributed by atoms with Crippen LogP contribution in [0.25, 0.3) is 5.57 Å². The predicted molar refractivity (Wildman–Crippen MR) is 132 cm³/mol. The number of hydrogen-bond acceptors (Lipinski definition) is 7. The van der Waals surface area contributed by atoms with Gasteiger partial charge in [-0.25, -0.2) is 13.6 Å². The Morgan fingerprint density at radius 2 is 2.00 bits per heavy atom. The molecule has 0 bridgehead atoms. The van der Waals surface area contributed by atoms with Gasteiger partial charge < -0.3 is 25.0 Å². The van der Waals surface area contributed by atoms with Gasteiger partial charge in [0, 0.05) is 75.8 Å². The molecule has 0 spiro atoms. The van der Waals surface area contributed by atoms with Crippen molar-refractivity contribution >= 4 is 40.9 Å². The van der Waals surface area contributed by atoms with Crippen molar-refractivity contribution in [2.75, 3.05) is 11.8 Å². The second kappa shape index (κ2) is 12.7. The van der Waals surface area contributed by atoms with Crippen LogP contribution in [0.3, 0.4) is 0 Å². The van der Waals surface area contributed by atoms with Crippen LogP contribution in [0, 0.1) is 58.8 Å². The molecule has 2 atom stereocenters. The topological polar surface area (TPSA) is 90.8 Å². The molecule has 1 aliphatic heterocycles. The molecule has 0 aromatic heterocycles. The number of halogens is 5. The summed E-state index contributed by atoms with van der Waals surface area (Å²) in [6, 6.07) is 5.02. The Bertz CT molecular complexity index is 1290. The molecule has 2 aromatic rings. The minimum atomic E-state index is -4.29. The van der Waals surface area contributed by atoms with E-state index in [1.54, 1.807) is 5.41 Å². The fourth-order valence-electron chi connectivity index (χ4n) is 4.03. The summed E-state index contributed by atoms with van der Waals surface area (Å²) in [5.74, 6) is -5.20. The van der Waals surface area contributed by atoms with Gasteiger partial charge in [0.15, 0.2) is 11.6 Å². The van der Waals surface area contributed by atoms with Crippen molar-refractivity contribution in [1.29, 1.82) is 0 Å². The van der Waals surface area contributed by atoms with Crippen LogP contribution in [0.1, 0.15) is 46.1 Å². The summed E-state index contributed by atoms with van der Waals surface area (Å²) in [5.41, 5.74) is 0.450. The zero-order chi connectivity index (χ0) is 26.9. The Labute approximate surface area is 256 Å². The number of alkyl halides is 3. The first-order valence-corrected chi connectivity index (χ1v) is 12.7. The number of allylic oxidation sites excluding steroid dienone is 2. The Morgan fingerprint density at radius 3 is 2.61 bits per heavy atom. The molecule has 0 saturated carbocycles. The number of rotatable bonds is 7. The smallest absolute Gasteiger partial charge is 0.392 e. The number of carboxylic acid groups (broad SMARTS) is 1. The SMILES string of the molecule is COc1cc(C(=O)O)c(F)cc1NSC1=CSC(c2ccc(C3=CCC(C(F)(F)F)CC3)c(O)c2F)N1.[Pr]. The normalized spacial score (nSPS) is 19.1. The molecule has 0 saturated heterocycles. The molecule has 2 aliphatic rings. The monoisotopic (exact) mass is 701 g/mol. The molecule has 14 heteroatoms. The average Bonchev–Trinajstić information content (AvgIpc) is 3.32. The largest absolute Gasteiger partial charge is 0.504 e. The van der Waals surface area contributed by atoms with E-state index in [4.69, 9.17) is 9.84 Å². The van der Waals surface area contributed by atoms with Crippen LogP contribution in [0.15, 0.2) is 40.8 Å². The third-order valence-electron chi connectivity index (χ3n) is 6.02. The van der Waals surface area contributed by atoms with E-state index in [0.29, 0.717) is 10.6 Å². The number of carbonyl (C=O) groups is 1. The van der Waals surface area contributed by atoms with Crippen LogP contribution >= 0.6 is 23.7 Å². The third kappa shape index (κ3) is 6.71. The number of aromatic carboxylic acids is 1. The van der Waals surface area contributed by atoms with Gasteiger partial charge in [-0.05, 0) is 30.9 Å². The molecule has 1 heterocycles. The molecule has 201 valence electrons. The zero-order valence-corrected chi connectivity index (χ0v) is 25.1. The van der Waals surface area contributed by atoms with E-state index in [2.05, 4.69) is 10.0 Å². The van der Waals surface area contributed by atoms with Crippen molar-refractivity contribution in [3.8, 4) is 11.5 Å². The van der Waals surface area contributed by atoms with E-state index in [0.717, 1.165) is 24.1 Å². The average molecular weight is 701 g/mol. The molecule has 1 aliphatic carbocycles. The number of nitrogens with one attached hydrogen (secondary N) is 2. The van der Waals surface area contributed by atoms with Crippen molar-refractivity contribution in [3.63, 3.8) is 0 Å². The van der Waals surface area contributed by atoms with Crippen molar-refractivity contribution in [3.05, 3.63) is 69.1 Å². The van der Waals surface area contributed by atoms with Crippen LogP contribution in [-0.4, -0.2) is 29.5 Å². The third-order valence-corrected chi connectivity index (χ3v) is 7.97. The van der Waals surface area contributed by atoms with E-state index >= 15 is 4.39 Å². The summed E-state index contributed by atoms with van der Waals surface area (Å²) in [6.07, 6.45) is -3.14. The number of thioether (sulfide) groups is 1. The molecular weight excluding hydrogens is 680 g/mol. The second-order valence-electron chi connectivity index (χ2n) is 8.29. The van der Waals surface area contributed by atoms with Crippen LogP contribution in [-0.2, 0) is 0 Å². The van der Waals surface area contributed by atoms with E-state index in [9.17, 15) is 27.5 Å². The Kier molecular flexibility index (Phi) is 10.3. The molecule has 6 nitrogen and oxygen atoms in total. The van der Waals surface area contributed by atoms with Gasteiger partial charge in [-0.1, -0.05) is 18.2 Å². The summed E-state index contributed by atoms with van der Waals surface area (Å²) in [4.78, 5) is 11.1. The maximum Gasteiger partial charge on any atom is 0.392 e. The van der Waals surface area contributed by atoms with Gasteiger partial charge in [-0.15, -0.1) is 11.8 Å². The van der Waals surface area contributed by atoms with Crippen molar-refractivity contribution in [2.24, 2.45) is 5.92 Å². The fourth-order valence-corrected chi connectivity index (χ4v) is 5.87. The van der Waals surface area contributed by atoms with Crippen molar-refractivity contribution < 1.29 is 83.0 Å². The number of hydrogen-bond donors (Lipinski definition) is 4. The van der Waals surface area contributed by atoms with E-state index in [-0.39, 0.29) is 83.1 Å². The number of benzene rings is 2. The molecule has 1 radical (unpaired) electrons. The van der Waals surface area contributed by atoms with Gasteiger partial charge in [0.25, 0.3) is 0 Å². The summed E-state index contributed by atoms with van der Waals surface area (Å²) in [6.45, 7) is 0. The van der Waals surface area contributed by atoms with Gasteiger partial charge in [0.05, 0.1) is 29.3 Å². The Hall–Kier alpha value is -1.70. The maximum absolute atomic E-state index is 15.1. The van der Waals surface area contributed by atoms with E-state index in [1.807, 2.05) is 0 Å². The summed E-state index contributed by atoms with van der Waals surface area (Å²) in [5, 5.41) is 24.2. The molecule has 0 amide bonds. The number of aromatic hydroxyl groups is 1. The number of phenolic OH excluding ortho intramolecular Hbond substituents is 1. The summed E-state index contributed by atoms with van der Waals surface area (Å²) >= 11 is 2.24. The standard InChI is InChI=1S/C24H21F5N2O4S2.Pr/c1-35-18-8-15(23(33)34)16(25)9-17(18)31-37-19-10-36-22(30-19)14-7-6-13(21(32)20(14)26)11-2-4-12(5-3-11)24(27,28)29;/h2,6-10,12,22,30-32H,3-5H2,1H3,(H,33,34);. The van der Waals surface area contributed by atoms with Gasteiger partial charge in [0.1, 0.15) is 16.9 Å². The Balaban J connectivity index is 0.00000400. The molecule has 4 rings (SSSR count). The number of phenols is 1. The first-order valence-electron chi connectivity index (χ1n) is 10.9. The molecule has 0 fully saturated rings. The predicted octanol–water partition coefficient (Wildman–Crippen LogP) is 7.02. The number of anilines is 1. The van der Waals surface area contributed by atoms with Crippen LogP contribution in [0.2, 0.25) is 0 Å². The fraction of sp³-hybridized carbons (Fsp3) is 0.292. The van der Waals surface area contributed by atoms with Crippen LogP contribution in [0.5, 0.6) is 11.5 Å². The van der Waals surface area contributed by atoms with Gasteiger partial charge >= 0.3 is 12.1 Å². The number of methoxy groups -OCH3 is 1.